The van der Waals surface area contributed by atoms with Crippen molar-refractivity contribution >= 4 is 21.7 Å². The predicted octanol–water partition coefficient (Wildman–Crippen LogP) is 4.98. The quantitative estimate of drug-likeness (QED) is 0.351. The molecule has 1 aliphatic carbocycles. The number of carbonyl (C=O) groups excluding carboxylic acids is 2. The predicted molar refractivity (Wildman–Crippen MR) is 132 cm³/mol. The fraction of sp³-hybridized carbons (Fsp3) is 0.407. The number of halogens is 4. The van der Waals surface area contributed by atoms with Gasteiger partial charge in [-0.3, -0.25) is 9.59 Å². The van der Waals surface area contributed by atoms with Crippen molar-refractivity contribution in [1.82, 2.24) is 10.2 Å². The molecule has 1 saturated heterocycles. The zero-order valence-electron chi connectivity index (χ0n) is 20.7. The van der Waals surface area contributed by atoms with E-state index in [9.17, 15) is 35.6 Å². The van der Waals surface area contributed by atoms with E-state index in [4.69, 9.17) is 0 Å². The van der Waals surface area contributed by atoms with E-state index in [-0.39, 0.29) is 46.6 Å². The average molecular weight is 553 g/mol. The van der Waals surface area contributed by atoms with Crippen molar-refractivity contribution < 1.29 is 35.6 Å². The fourth-order valence-corrected chi connectivity index (χ4v) is 5.70. The SMILES string of the molecule is C=C[C@@H]1C[C@H](C(=O)N[C@@H](c2cc(F)c(C(F)F)cc2F)C2CC2)N(C(=O)c2cccc(S(=O)(=O)CC)c2)C1. The van der Waals surface area contributed by atoms with Crippen LogP contribution in [0.15, 0.2) is 53.9 Å². The van der Waals surface area contributed by atoms with Gasteiger partial charge in [-0.05, 0) is 61.4 Å². The number of nitrogens with one attached hydrogen (secondary N) is 1. The minimum atomic E-state index is -3.57. The molecule has 204 valence electrons. The van der Waals surface area contributed by atoms with E-state index in [2.05, 4.69) is 11.9 Å². The number of hydrogen-bond acceptors (Lipinski definition) is 4. The van der Waals surface area contributed by atoms with Gasteiger partial charge in [-0.2, -0.15) is 0 Å². The van der Waals surface area contributed by atoms with Gasteiger partial charge in [0.2, 0.25) is 5.91 Å². The summed E-state index contributed by atoms with van der Waals surface area (Å²) in [6, 6.07) is 4.79. The number of hydrogen-bond donors (Lipinski definition) is 1. The van der Waals surface area contributed by atoms with Crippen LogP contribution in [0.4, 0.5) is 17.6 Å². The molecular weight excluding hydrogens is 524 g/mol. The lowest BCUT2D eigenvalue weighted by atomic mass is 9.98. The molecule has 6 nitrogen and oxygen atoms in total. The highest BCUT2D eigenvalue weighted by molar-refractivity contribution is 7.91. The third kappa shape index (κ3) is 5.62. The molecule has 3 atom stereocenters. The zero-order valence-corrected chi connectivity index (χ0v) is 21.5. The van der Waals surface area contributed by atoms with Crippen molar-refractivity contribution in [1.29, 1.82) is 0 Å². The van der Waals surface area contributed by atoms with Gasteiger partial charge >= 0.3 is 0 Å². The first-order chi connectivity index (χ1) is 18.0. The van der Waals surface area contributed by atoms with Crippen molar-refractivity contribution in [2.75, 3.05) is 12.3 Å². The summed E-state index contributed by atoms with van der Waals surface area (Å²) in [4.78, 5) is 28.2. The van der Waals surface area contributed by atoms with Gasteiger partial charge in [0.1, 0.15) is 17.7 Å². The van der Waals surface area contributed by atoms with Crippen LogP contribution in [0, 0.1) is 23.5 Å². The van der Waals surface area contributed by atoms with E-state index in [0.717, 1.165) is 0 Å². The number of sulfone groups is 1. The van der Waals surface area contributed by atoms with Gasteiger partial charge < -0.3 is 10.2 Å². The van der Waals surface area contributed by atoms with Gasteiger partial charge in [0.05, 0.1) is 22.3 Å². The number of nitrogens with zero attached hydrogens (tertiary/aromatic N) is 1. The highest BCUT2D eigenvalue weighted by Crippen LogP contribution is 2.43. The van der Waals surface area contributed by atoms with Crippen LogP contribution in [0.3, 0.4) is 0 Å². The number of likely N-dealkylation sites (tertiary alicyclic amines) is 1. The lowest BCUT2D eigenvalue weighted by Gasteiger charge is -2.27. The Kier molecular flexibility index (Phi) is 7.96. The number of rotatable bonds is 9. The minimum absolute atomic E-state index is 0.00939. The molecule has 1 aliphatic heterocycles. The Hall–Kier alpha value is -3.21. The number of benzene rings is 2. The second-order valence-electron chi connectivity index (χ2n) is 9.66. The van der Waals surface area contributed by atoms with Crippen molar-refractivity contribution in [2.24, 2.45) is 11.8 Å². The topological polar surface area (TPSA) is 83.6 Å². The first kappa shape index (κ1) is 27.8. The molecule has 1 N–H and O–H groups in total. The summed E-state index contributed by atoms with van der Waals surface area (Å²) in [5.74, 6) is -4.04. The molecule has 1 heterocycles. The van der Waals surface area contributed by atoms with Crippen LogP contribution in [-0.2, 0) is 14.6 Å². The minimum Gasteiger partial charge on any atom is -0.347 e. The standard InChI is InChI=1S/C27H28F4N2O4S/c1-3-15-10-23(33(14-15)27(35)17-6-5-7-18(11-17)38(36,37)4-2)26(34)32-24(16-8-9-16)19-12-22(29)20(25(30)31)13-21(19)28/h3,5-7,11-13,15-16,23-25H,1,4,8-10,14H2,2H3,(H,32,34)/t15-,23-,24-/m1/s1. The smallest absolute Gasteiger partial charge is 0.266 e. The van der Waals surface area contributed by atoms with Gasteiger partial charge in [-0.1, -0.05) is 19.1 Å². The first-order valence-electron chi connectivity index (χ1n) is 12.3. The lowest BCUT2D eigenvalue weighted by Crippen LogP contribution is -2.47. The summed E-state index contributed by atoms with van der Waals surface area (Å²) < 4.78 is 79.7. The molecule has 0 radical (unpaired) electrons. The molecule has 1 saturated carbocycles. The van der Waals surface area contributed by atoms with Gasteiger partial charge in [0.25, 0.3) is 12.3 Å². The molecule has 38 heavy (non-hydrogen) atoms. The Morgan fingerprint density at radius 3 is 2.39 bits per heavy atom. The molecule has 2 fully saturated rings. The molecule has 0 aromatic heterocycles. The zero-order chi connectivity index (χ0) is 27.8. The second-order valence-corrected chi connectivity index (χ2v) is 11.9. The maximum absolute atomic E-state index is 14.8. The van der Waals surface area contributed by atoms with Crippen molar-refractivity contribution in [3.05, 3.63) is 77.4 Å². The maximum atomic E-state index is 14.8. The largest absolute Gasteiger partial charge is 0.347 e. The monoisotopic (exact) mass is 552 g/mol. The molecule has 11 heteroatoms. The van der Waals surface area contributed by atoms with E-state index in [1.165, 1.54) is 36.1 Å². The molecule has 2 aromatic rings. The summed E-state index contributed by atoms with van der Waals surface area (Å²) in [6.45, 7) is 5.40. The molecule has 0 bridgehead atoms. The molecule has 2 amide bonds. The Morgan fingerprint density at radius 1 is 1.13 bits per heavy atom. The molecule has 2 aliphatic rings. The van der Waals surface area contributed by atoms with Crippen LogP contribution in [0.5, 0.6) is 0 Å². The van der Waals surface area contributed by atoms with E-state index in [1.807, 2.05) is 0 Å². The highest BCUT2D eigenvalue weighted by atomic mass is 32.2. The number of carbonyl (C=O) groups is 2. The van der Waals surface area contributed by atoms with E-state index >= 15 is 0 Å². The summed E-state index contributed by atoms with van der Waals surface area (Å²) in [5.41, 5.74) is -1.19. The maximum Gasteiger partial charge on any atom is 0.266 e. The van der Waals surface area contributed by atoms with Crippen molar-refractivity contribution in [3.8, 4) is 0 Å². The Morgan fingerprint density at radius 2 is 1.79 bits per heavy atom. The van der Waals surface area contributed by atoms with Crippen molar-refractivity contribution in [3.63, 3.8) is 0 Å². The van der Waals surface area contributed by atoms with Crippen LogP contribution < -0.4 is 5.32 Å². The molecule has 4 rings (SSSR count). The van der Waals surface area contributed by atoms with Crippen LogP contribution in [0.25, 0.3) is 0 Å². The van der Waals surface area contributed by atoms with Crippen LogP contribution in [0.1, 0.15) is 60.1 Å². The molecule has 0 unspecified atom stereocenters. The summed E-state index contributed by atoms with van der Waals surface area (Å²) in [6.07, 6.45) is -0.0882. The molecule has 0 spiro atoms. The molecular formula is C27H28F4N2O4S. The Bertz CT molecular complexity index is 1360. The Balaban J connectivity index is 1.61. The lowest BCUT2D eigenvalue weighted by molar-refractivity contribution is -0.125. The number of alkyl halides is 2. The first-order valence-corrected chi connectivity index (χ1v) is 14.0. The average Bonchev–Trinajstić information content (AvgIpc) is 3.65. The summed E-state index contributed by atoms with van der Waals surface area (Å²) in [7, 11) is -3.57. The summed E-state index contributed by atoms with van der Waals surface area (Å²) in [5, 5.41) is 2.72. The number of amides is 2. The van der Waals surface area contributed by atoms with Crippen LogP contribution in [-0.4, -0.2) is 43.5 Å². The Labute approximate surface area is 218 Å². The third-order valence-corrected chi connectivity index (χ3v) is 8.86. The van der Waals surface area contributed by atoms with Crippen LogP contribution >= 0.6 is 0 Å². The molecule has 2 aromatic carbocycles. The third-order valence-electron chi connectivity index (χ3n) is 7.13. The van der Waals surface area contributed by atoms with E-state index < -0.39 is 57.4 Å². The van der Waals surface area contributed by atoms with Gasteiger partial charge in [0, 0.05) is 17.7 Å². The normalized spacial score (nSPS) is 20.4. The summed E-state index contributed by atoms with van der Waals surface area (Å²) >= 11 is 0. The van der Waals surface area contributed by atoms with E-state index in [1.54, 1.807) is 6.08 Å². The van der Waals surface area contributed by atoms with Gasteiger partial charge in [-0.15, -0.1) is 6.58 Å². The van der Waals surface area contributed by atoms with Gasteiger partial charge in [0.15, 0.2) is 9.84 Å². The fourth-order valence-electron chi connectivity index (χ4n) is 4.78. The highest BCUT2D eigenvalue weighted by Gasteiger charge is 2.42. The second kappa shape index (κ2) is 10.9. The van der Waals surface area contributed by atoms with Gasteiger partial charge in [-0.25, -0.2) is 26.0 Å². The van der Waals surface area contributed by atoms with E-state index in [0.29, 0.717) is 25.0 Å². The van der Waals surface area contributed by atoms with Crippen LogP contribution in [0.2, 0.25) is 0 Å². The van der Waals surface area contributed by atoms with Crippen molar-refractivity contribution in [2.45, 2.75) is 49.6 Å².